The molecule has 1 heterocycles. The van der Waals surface area contributed by atoms with Gasteiger partial charge in [-0.1, -0.05) is 26.8 Å². The molecule has 4 nitrogen and oxygen atoms in total. The summed E-state index contributed by atoms with van der Waals surface area (Å²) in [5, 5.41) is 9.81. The number of carboxylic acid groups (broad SMARTS) is 1. The Morgan fingerprint density at radius 2 is 2.15 bits per heavy atom. The van der Waals surface area contributed by atoms with Crippen LogP contribution in [-0.4, -0.2) is 16.1 Å². The SMILES string of the molecule is CC(C)(C)c1nc2ccc(C(N)CCC(=O)O)cc2s1. The number of carbonyl (C=O) groups is 1. The zero-order valence-corrected chi connectivity index (χ0v) is 12.8. The van der Waals surface area contributed by atoms with Gasteiger partial charge in [-0.3, -0.25) is 4.79 Å². The Morgan fingerprint density at radius 1 is 1.45 bits per heavy atom. The van der Waals surface area contributed by atoms with Crippen LogP contribution in [0.1, 0.15) is 50.2 Å². The van der Waals surface area contributed by atoms with Crippen molar-refractivity contribution < 1.29 is 9.90 Å². The lowest BCUT2D eigenvalue weighted by molar-refractivity contribution is -0.137. The number of rotatable bonds is 4. The van der Waals surface area contributed by atoms with Gasteiger partial charge in [0.1, 0.15) is 0 Å². The number of aromatic nitrogens is 1. The summed E-state index contributed by atoms with van der Waals surface area (Å²) in [5.41, 5.74) is 8.04. The molecule has 3 N–H and O–H groups in total. The molecule has 1 aromatic heterocycles. The first kappa shape index (κ1) is 14.9. The number of nitrogens with two attached hydrogens (primary N) is 1. The van der Waals surface area contributed by atoms with Crippen molar-refractivity contribution in [1.29, 1.82) is 0 Å². The molecule has 1 atom stereocenters. The molecule has 0 aliphatic rings. The lowest BCUT2D eigenvalue weighted by atomic mass is 9.98. The molecular formula is C15H20N2O2S. The van der Waals surface area contributed by atoms with Crippen molar-refractivity contribution >= 4 is 27.5 Å². The summed E-state index contributed by atoms with van der Waals surface area (Å²) in [6.45, 7) is 6.43. The largest absolute Gasteiger partial charge is 0.481 e. The molecule has 0 aliphatic heterocycles. The zero-order chi connectivity index (χ0) is 14.9. The molecule has 0 radical (unpaired) electrons. The highest BCUT2D eigenvalue weighted by atomic mass is 32.1. The van der Waals surface area contributed by atoms with Crippen LogP contribution >= 0.6 is 11.3 Å². The van der Waals surface area contributed by atoms with Crippen LogP contribution in [0.25, 0.3) is 10.2 Å². The summed E-state index contributed by atoms with van der Waals surface area (Å²) < 4.78 is 1.11. The smallest absolute Gasteiger partial charge is 0.303 e. The number of benzene rings is 1. The molecule has 0 bridgehead atoms. The molecule has 20 heavy (non-hydrogen) atoms. The van der Waals surface area contributed by atoms with E-state index in [1.807, 2.05) is 18.2 Å². The van der Waals surface area contributed by atoms with Crippen molar-refractivity contribution in [3.8, 4) is 0 Å². The quantitative estimate of drug-likeness (QED) is 0.904. The predicted molar refractivity (Wildman–Crippen MR) is 82.1 cm³/mol. The van der Waals surface area contributed by atoms with Gasteiger partial charge in [0.05, 0.1) is 15.2 Å². The molecule has 2 rings (SSSR count). The van der Waals surface area contributed by atoms with Crippen LogP contribution in [0.2, 0.25) is 0 Å². The van der Waals surface area contributed by atoms with Crippen molar-refractivity contribution in [3.63, 3.8) is 0 Å². The van der Waals surface area contributed by atoms with E-state index < -0.39 is 5.97 Å². The van der Waals surface area contributed by atoms with Gasteiger partial charge >= 0.3 is 5.97 Å². The minimum Gasteiger partial charge on any atom is -0.481 e. The molecule has 0 saturated heterocycles. The first-order valence-electron chi connectivity index (χ1n) is 6.66. The second-order valence-corrected chi connectivity index (χ2v) is 7.07. The Kier molecular flexibility index (Phi) is 4.11. The number of thiazole rings is 1. The minimum atomic E-state index is -0.811. The Bertz CT molecular complexity index is 628. The average Bonchev–Trinajstić information content (AvgIpc) is 2.78. The van der Waals surface area contributed by atoms with Crippen molar-refractivity contribution in [3.05, 3.63) is 28.8 Å². The normalized spacial score (nSPS) is 13.6. The van der Waals surface area contributed by atoms with E-state index in [1.165, 1.54) is 0 Å². The number of carboxylic acids is 1. The van der Waals surface area contributed by atoms with Gasteiger partial charge in [0.15, 0.2) is 0 Å². The fourth-order valence-corrected chi connectivity index (χ4v) is 3.01. The van der Waals surface area contributed by atoms with E-state index in [2.05, 4.69) is 25.8 Å². The van der Waals surface area contributed by atoms with Crippen LogP contribution in [0.4, 0.5) is 0 Å². The maximum absolute atomic E-state index is 10.6. The van der Waals surface area contributed by atoms with E-state index >= 15 is 0 Å². The summed E-state index contributed by atoms with van der Waals surface area (Å²) in [6.07, 6.45) is 0.543. The van der Waals surface area contributed by atoms with Crippen LogP contribution in [0.3, 0.4) is 0 Å². The molecule has 108 valence electrons. The molecule has 0 amide bonds. The molecule has 1 unspecified atom stereocenters. The van der Waals surface area contributed by atoms with Gasteiger partial charge in [-0.15, -0.1) is 11.3 Å². The Labute approximate surface area is 122 Å². The van der Waals surface area contributed by atoms with Crippen molar-refractivity contribution in [2.75, 3.05) is 0 Å². The third-order valence-corrected chi connectivity index (χ3v) is 4.60. The summed E-state index contributed by atoms with van der Waals surface area (Å²) >= 11 is 1.68. The molecular weight excluding hydrogens is 272 g/mol. The second-order valence-electron chi connectivity index (χ2n) is 6.04. The minimum absolute atomic E-state index is 0.0370. The highest BCUT2D eigenvalue weighted by Crippen LogP contribution is 2.32. The topological polar surface area (TPSA) is 76.2 Å². The average molecular weight is 292 g/mol. The van der Waals surface area contributed by atoms with Crippen molar-refractivity contribution in [1.82, 2.24) is 4.98 Å². The highest BCUT2D eigenvalue weighted by Gasteiger charge is 2.19. The summed E-state index contributed by atoms with van der Waals surface area (Å²) in [7, 11) is 0. The van der Waals surface area contributed by atoms with Gasteiger partial charge in [-0.2, -0.15) is 0 Å². The monoisotopic (exact) mass is 292 g/mol. The second kappa shape index (κ2) is 5.50. The van der Waals surface area contributed by atoms with Crippen LogP contribution in [0.5, 0.6) is 0 Å². The fraction of sp³-hybridized carbons (Fsp3) is 0.467. The van der Waals surface area contributed by atoms with Gasteiger partial charge < -0.3 is 10.8 Å². The number of hydrogen-bond donors (Lipinski definition) is 2. The lowest BCUT2D eigenvalue weighted by Crippen LogP contribution is -2.12. The van der Waals surface area contributed by atoms with Gasteiger partial charge in [-0.05, 0) is 24.1 Å². The first-order valence-corrected chi connectivity index (χ1v) is 7.47. The predicted octanol–water partition coefficient (Wildman–Crippen LogP) is 3.46. The van der Waals surface area contributed by atoms with Crippen LogP contribution in [-0.2, 0) is 10.2 Å². The van der Waals surface area contributed by atoms with Crippen LogP contribution < -0.4 is 5.73 Å². The summed E-state index contributed by atoms with van der Waals surface area (Å²) in [5.74, 6) is -0.811. The van der Waals surface area contributed by atoms with E-state index in [4.69, 9.17) is 10.8 Å². The molecule has 2 aromatic rings. The number of nitrogens with zero attached hydrogens (tertiary/aromatic N) is 1. The molecule has 0 saturated carbocycles. The van der Waals surface area contributed by atoms with E-state index in [0.29, 0.717) is 6.42 Å². The maximum atomic E-state index is 10.6. The molecule has 1 aromatic carbocycles. The van der Waals surface area contributed by atoms with Crippen molar-refractivity contribution in [2.24, 2.45) is 5.73 Å². The fourth-order valence-electron chi connectivity index (χ4n) is 1.94. The van der Waals surface area contributed by atoms with Crippen LogP contribution in [0, 0.1) is 0 Å². The van der Waals surface area contributed by atoms with Gasteiger partial charge in [0, 0.05) is 17.9 Å². The van der Waals surface area contributed by atoms with Crippen LogP contribution in [0.15, 0.2) is 18.2 Å². The van der Waals surface area contributed by atoms with E-state index in [9.17, 15) is 4.79 Å². The zero-order valence-electron chi connectivity index (χ0n) is 12.0. The summed E-state index contributed by atoms with van der Waals surface area (Å²) in [6, 6.07) is 5.71. The third kappa shape index (κ3) is 3.35. The number of aliphatic carboxylic acids is 1. The number of hydrogen-bond acceptors (Lipinski definition) is 4. The molecule has 0 aliphatic carbocycles. The molecule has 5 heteroatoms. The molecule has 0 spiro atoms. The Morgan fingerprint density at radius 3 is 2.75 bits per heavy atom. The first-order chi connectivity index (χ1) is 9.27. The van der Waals surface area contributed by atoms with Gasteiger partial charge in [0.2, 0.25) is 0 Å². The molecule has 0 fully saturated rings. The van der Waals surface area contributed by atoms with Gasteiger partial charge in [-0.25, -0.2) is 4.98 Å². The Hall–Kier alpha value is -1.46. The lowest BCUT2D eigenvalue weighted by Gasteiger charge is -2.13. The van der Waals surface area contributed by atoms with E-state index in [-0.39, 0.29) is 17.9 Å². The Balaban J connectivity index is 2.27. The van der Waals surface area contributed by atoms with E-state index in [0.717, 1.165) is 20.8 Å². The van der Waals surface area contributed by atoms with Gasteiger partial charge in [0.25, 0.3) is 0 Å². The maximum Gasteiger partial charge on any atom is 0.303 e. The summed E-state index contributed by atoms with van der Waals surface area (Å²) in [4.78, 5) is 15.2. The highest BCUT2D eigenvalue weighted by molar-refractivity contribution is 7.18. The van der Waals surface area contributed by atoms with E-state index in [1.54, 1.807) is 11.3 Å². The van der Waals surface area contributed by atoms with Crippen molar-refractivity contribution in [2.45, 2.75) is 45.1 Å². The standard InChI is InChI=1S/C15H20N2O2S/c1-15(2,3)14-17-11-6-4-9(8-12(11)20-14)10(16)5-7-13(18)19/h4,6,8,10H,5,7,16H2,1-3H3,(H,18,19). The number of fused-ring (bicyclic) bond motifs is 1. The third-order valence-electron chi connectivity index (χ3n) is 3.15.